The highest BCUT2D eigenvalue weighted by molar-refractivity contribution is 7.15. The van der Waals surface area contributed by atoms with Gasteiger partial charge in [-0.15, -0.1) is 10.2 Å². The normalized spacial score (nSPS) is 11.0. The van der Waals surface area contributed by atoms with Crippen LogP contribution in [0, 0.1) is 6.92 Å². The monoisotopic (exact) mass is 333 g/mol. The van der Waals surface area contributed by atoms with Gasteiger partial charge in [0.1, 0.15) is 5.01 Å². The fraction of sp³-hybridized carbons (Fsp3) is 0.312. The van der Waals surface area contributed by atoms with Crippen molar-refractivity contribution in [2.24, 2.45) is 0 Å². The molecule has 122 valence electrons. The van der Waals surface area contributed by atoms with Gasteiger partial charge in [0, 0.05) is 6.08 Å². The van der Waals surface area contributed by atoms with E-state index in [9.17, 15) is 4.79 Å². The Balaban J connectivity index is 2.05. The van der Waals surface area contributed by atoms with Crippen LogP contribution in [0.15, 0.2) is 24.3 Å². The van der Waals surface area contributed by atoms with Crippen molar-refractivity contribution >= 4 is 28.5 Å². The molecular weight excluding hydrogens is 314 g/mol. The third-order valence-electron chi connectivity index (χ3n) is 2.73. The number of methoxy groups -OCH3 is 1. The van der Waals surface area contributed by atoms with Gasteiger partial charge in [0.15, 0.2) is 11.5 Å². The second-order valence-electron chi connectivity index (χ2n) is 5.03. The molecule has 0 saturated carbocycles. The number of ether oxygens (including phenoxy) is 2. The van der Waals surface area contributed by atoms with Gasteiger partial charge in [-0.3, -0.25) is 10.1 Å². The summed E-state index contributed by atoms with van der Waals surface area (Å²) in [6.45, 7) is 5.73. The van der Waals surface area contributed by atoms with Gasteiger partial charge in [0.2, 0.25) is 11.0 Å². The molecule has 1 N–H and O–H groups in total. The summed E-state index contributed by atoms with van der Waals surface area (Å²) in [6.07, 6.45) is 3.20. The van der Waals surface area contributed by atoms with Crippen molar-refractivity contribution in [3.8, 4) is 11.5 Å². The third kappa shape index (κ3) is 5.07. The van der Waals surface area contributed by atoms with E-state index in [0.29, 0.717) is 16.6 Å². The van der Waals surface area contributed by atoms with Crippen LogP contribution in [0.2, 0.25) is 0 Å². The quantitative estimate of drug-likeness (QED) is 0.821. The highest BCUT2D eigenvalue weighted by Gasteiger charge is 2.07. The lowest BCUT2D eigenvalue weighted by Gasteiger charge is -2.13. The third-order valence-corrected chi connectivity index (χ3v) is 3.49. The lowest BCUT2D eigenvalue weighted by Crippen LogP contribution is -2.07. The van der Waals surface area contributed by atoms with E-state index < -0.39 is 0 Å². The average molecular weight is 333 g/mol. The molecular formula is C16H19N3O3S. The molecule has 1 amide bonds. The largest absolute Gasteiger partial charge is 0.493 e. The molecule has 1 aromatic heterocycles. The first-order valence-corrected chi connectivity index (χ1v) is 7.93. The number of nitrogens with zero attached hydrogens (tertiary/aromatic N) is 2. The van der Waals surface area contributed by atoms with Crippen LogP contribution in [0.4, 0.5) is 5.13 Å². The molecule has 0 spiro atoms. The number of nitrogens with one attached hydrogen (secondary N) is 1. The van der Waals surface area contributed by atoms with Crippen LogP contribution in [0.1, 0.15) is 24.4 Å². The Morgan fingerprint density at radius 3 is 2.70 bits per heavy atom. The van der Waals surface area contributed by atoms with Crippen LogP contribution in [0.25, 0.3) is 6.08 Å². The summed E-state index contributed by atoms with van der Waals surface area (Å²) in [4.78, 5) is 11.8. The second kappa shape index (κ2) is 7.73. The van der Waals surface area contributed by atoms with Crippen molar-refractivity contribution < 1.29 is 14.3 Å². The minimum absolute atomic E-state index is 0.0615. The van der Waals surface area contributed by atoms with E-state index in [-0.39, 0.29) is 12.0 Å². The van der Waals surface area contributed by atoms with E-state index in [4.69, 9.17) is 9.47 Å². The maximum atomic E-state index is 11.8. The number of anilines is 1. The number of amides is 1. The van der Waals surface area contributed by atoms with Gasteiger partial charge in [0.25, 0.3) is 0 Å². The summed E-state index contributed by atoms with van der Waals surface area (Å²) < 4.78 is 11.0. The second-order valence-corrected chi connectivity index (χ2v) is 6.21. The molecule has 23 heavy (non-hydrogen) atoms. The Morgan fingerprint density at radius 2 is 2.09 bits per heavy atom. The number of hydrogen-bond donors (Lipinski definition) is 1. The predicted octanol–water partition coefficient (Wildman–Crippen LogP) is 3.29. The minimum atomic E-state index is -0.261. The van der Waals surface area contributed by atoms with E-state index in [1.807, 2.05) is 39.0 Å². The van der Waals surface area contributed by atoms with E-state index >= 15 is 0 Å². The van der Waals surface area contributed by atoms with Crippen LogP contribution in [0.5, 0.6) is 11.5 Å². The van der Waals surface area contributed by atoms with Gasteiger partial charge in [-0.05, 0) is 44.5 Å². The zero-order chi connectivity index (χ0) is 16.8. The van der Waals surface area contributed by atoms with Gasteiger partial charge in [-0.1, -0.05) is 17.4 Å². The molecule has 0 atom stereocenters. The number of aryl methyl sites for hydroxylation is 1. The molecule has 0 saturated heterocycles. The number of benzene rings is 1. The molecule has 2 rings (SSSR count). The molecule has 0 radical (unpaired) electrons. The fourth-order valence-corrected chi connectivity index (χ4v) is 2.40. The fourth-order valence-electron chi connectivity index (χ4n) is 1.81. The van der Waals surface area contributed by atoms with Gasteiger partial charge >= 0.3 is 0 Å². The molecule has 6 nitrogen and oxygen atoms in total. The van der Waals surface area contributed by atoms with Crippen LogP contribution >= 0.6 is 11.3 Å². The van der Waals surface area contributed by atoms with E-state index in [0.717, 1.165) is 10.6 Å². The standard InChI is InChI=1S/C16H19N3O3S/c1-10(2)22-13-7-5-12(9-14(13)21-4)6-8-15(20)17-16-19-18-11(3)23-16/h5-10H,1-4H3,(H,17,19,20)/b8-6+. The van der Waals surface area contributed by atoms with Crippen molar-refractivity contribution in [1.29, 1.82) is 0 Å². The van der Waals surface area contributed by atoms with Crippen LogP contribution in [-0.2, 0) is 4.79 Å². The smallest absolute Gasteiger partial charge is 0.250 e. The number of carbonyl (C=O) groups excluding carboxylic acids is 1. The van der Waals surface area contributed by atoms with Crippen molar-refractivity contribution in [2.45, 2.75) is 26.9 Å². The Hall–Kier alpha value is -2.41. The lowest BCUT2D eigenvalue weighted by molar-refractivity contribution is -0.111. The van der Waals surface area contributed by atoms with Crippen LogP contribution in [0.3, 0.4) is 0 Å². The highest BCUT2D eigenvalue weighted by atomic mass is 32.1. The summed E-state index contributed by atoms with van der Waals surface area (Å²) in [5.74, 6) is 1.04. The van der Waals surface area contributed by atoms with Crippen molar-refractivity contribution in [3.63, 3.8) is 0 Å². The van der Waals surface area contributed by atoms with E-state index in [1.54, 1.807) is 13.2 Å². The van der Waals surface area contributed by atoms with Crippen molar-refractivity contribution in [1.82, 2.24) is 10.2 Å². The first-order valence-electron chi connectivity index (χ1n) is 7.12. The van der Waals surface area contributed by atoms with E-state index in [2.05, 4.69) is 15.5 Å². The average Bonchev–Trinajstić information content (AvgIpc) is 2.90. The zero-order valence-electron chi connectivity index (χ0n) is 13.5. The Morgan fingerprint density at radius 1 is 1.30 bits per heavy atom. The van der Waals surface area contributed by atoms with Gasteiger partial charge in [-0.2, -0.15) is 0 Å². The summed E-state index contributed by atoms with van der Waals surface area (Å²) in [6, 6.07) is 5.50. The van der Waals surface area contributed by atoms with Gasteiger partial charge in [0.05, 0.1) is 13.2 Å². The summed E-state index contributed by atoms with van der Waals surface area (Å²) in [7, 11) is 1.58. The first kappa shape index (κ1) is 17.0. The van der Waals surface area contributed by atoms with Crippen LogP contribution < -0.4 is 14.8 Å². The minimum Gasteiger partial charge on any atom is -0.493 e. The molecule has 0 aliphatic rings. The molecule has 7 heteroatoms. The molecule has 2 aromatic rings. The summed E-state index contributed by atoms with van der Waals surface area (Å²) >= 11 is 1.33. The first-order chi connectivity index (χ1) is 11.0. The molecule has 0 fully saturated rings. The summed E-state index contributed by atoms with van der Waals surface area (Å²) in [5.41, 5.74) is 0.835. The molecule has 0 unspecified atom stereocenters. The van der Waals surface area contributed by atoms with Crippen LogP contribution in [-0.4, -0.2) is 29.3 Å². The van der Waals surface area contributed by atoms with Crippen molar-refractivity contribution in [2.75, 3.05) is 12.4 Å². The maximum absolute atomic E-state index is 11.8. The van der Waals surface area contributed by atoms with Gasteiger partial charge < -0.3 is 9.47 Å². The van der Waals surface area contributed by atoms with Gasteiger partial charge in [-0.25, -0.2) is 0 Å². The topological polar surface area (TPSA) is 73.3 Å². The van der Waals surface area contributed by atoms with E-state index in [1.165, 1.54) is 17.4 Å². The number of rotatable bonds is 6. The number of aromatic nitrogens is 2. The maximum Gasteiger partial charge on any atom is 0.250 e. The van der Waals surface area contributed by atoms with Crippen molar-refractivity contribution in [3.05, 3.63) is 34.8 Å². The predicted molar refractivity (Wildman–Crippen MR) is 91.1 cm³/mol. The Kier molecular flexibility index (Phi) is 5.70. The molecule has 0 aliphatic carbocycles. The molecule has 1 aromatic carbocycles. The zero-order valence-corrected chi connectivity index (χ0v) is 14.3. The Bertz CT molecular complexity index is 710. The SMILES string of the molecule is COc1cc(/C=C/C(=O)Nc2nnc(C)s2)ccc1OC(C)C. The molecule has 0 bridgehead atoms. The molecule has 1 heterocycles. The molecule has 0 aliphatic heterocycles. The number of hydrogen-bond acceptors (Lipinski definition) is 6. The lowest BCUT2D eigenvalue weighted by atomic mass is 10.2. The summed E-state index contributed by atoms with van der Waals surface area (Å²) in [5, 5.41) is 11.6. The Labute approximate surface area is 139 Å². The number of carbonyl (C=O) groups is 1. The highest BCUT2D eigenvalue weighted by Crippen LogP contribution is 2.29.